The maximum atomic E-state index is 6.42. The van der Waals surface area contributed by atoms with Crippen LogP contribution in [0.4, 0.5) is 5.69 Å². The molecule has 0 saturated carbocycles. The lowest BCUT2D eigenvalue weighted by Gasteiger charge is -2.20. The van der Waals surface area contributed by atoms with Crippen LogP contribution in [0.1, 0.15) is 33.7 Å². The van der Waals surface area contributed by atoms with Crippen molar-refractivity contribution in [2.24, 2.45) is 0 Å². The molecule has 2 N–H and O–H groups in total. The minimum atomic E-state index is 0.244. The monoisotopic (exact) mass is 285 g/mol. The number of hydrogen-bond donors (Lipinski definition) is 1. The average Bonchev–Trinajstić information content (AvgIpc) is 2.82. The summed E-state index contributed by atoms with van der Waals surface area (Å²) in [6.45, 7) is 4.27. The number of rotatable bonds is 1. The second kappa shape index (κ2) is 4.74. The number of nitrogen functional groups attached to an aromatic ring is 1. The van der Waals surface area contributed by atoms with Crippen molar-refractivity contribution in [2.75, 3.05) is 5.73 Å². The van der Waals surface area contributed by atoms with Crippen molar-refractivity contribution in [3.05, 3.63) is 88.5 Å². The number of nitrogens with two attached hydrogens (primary N) is 1. The van der Waals surface area contributed by atoms with Gasteiger partial charge in [0.2, 0.25) is 0 Å². The zero-order valence-electron chi connectivity index (χ0n) is 12.9. The molecule has 0 atom stereocenters. The Hall–Kier alpha value is -2.54. The normalized spacial score (nSPS) is 13.0. The molecule has 3 aromatic rings. The van der Waals surface area contributed by atoms with Gasteiger partial charge in [-0.25, -0.2) is 0 Å². The van der Waals surface area contributed by atoms with Gasteiger partial charge >= 0.3 is 0 Å². The average molecular weight is 285 g/mol. The Morgan fingerprint density at radius 1 is 0.773 bits per heavy atom. The topological polar surface area (TPSA) is 26.0 Å². The summed E-state index contributed by atoms with van der Waals surface area (Å²) in [5.41, 5.74) is 16.5. The Kier molecular flexibility index (Phi) is 2.83. The molecule has 0 amide bonds. The minimum Gasteiger partial charge on any atom is -0.398 e. The van der Waals surface area contributed by atoms with Gasteiger partial charge in [0.1, 0.15) is 0 Å². The van der Waals surface area contributed by atoms with Crippen molar-refractivity contribution in [2.45, 2.75) is 19.8 Å². The summed E-state index contributed by atoms with van der Waals surface area (Å²) in [6.07, 6.45) is 0. The van der Waals surface area contributed by atoms with E-state index in [9.17, 15) is 0 Å². The van der Waals surface area contributed by atoms with Gasteiger partial charge in [-0.15, -0.1) is 0 Å². The Morgan fingerprint density at radius 2 is 1.32 bits per heavy atom. The first kappa shape index (κ1) is 13.1. The molecule has 3 aromatic carbocycles. The molecule has 22 heavy (non-hydrogen) atoms. The molecule has 1 aliphatic carbocycles. The van der Waals surface area contributed by atoms with Crippen LogP contribution in [0.25, 0.3) is 11.1 Å². The third kappa shape index (κ3) is 1.79. The third-order valence-electron chi connectivity index (χ3n) is 4.69. The highest BCUT2D eigenvalue weighted by atomic mass is 14.6. The van der Waals surface area contributed by atoms with E-state index in [-0.39, 0.29) is 5.92 Å². The van der Waals surface area contributed by atoms with Gasteiger partial charge in [-0.3, -0.25) is 0 Å². The van der Waals surface area contributed by atoms with Crippen LogP contribution in [0, 0.1) is 13.8 Å². The van der Waals surface area contributed by atoms with Crippen LogP contribution in [-0.4, -0.2) is 0 Å². The molecule has 108 valence electrons. The molecule has 1 nitrogen and oxygen atoms in total. The van der Waals surface area contributed by atoms with Gasteiger partial charge in [-0.2, -0.15) is 0 Å². The summed E-state index contributed by atoms with van der Waals surface area (Å²) in [5.74, 6) is 0.244. The molecule has 0 spiro atoms. The van der Waals surface area contributed by atoms with Crippen molar-refractivity contribution in [3.63, 3.8) is 0 Å². The molecule has 1 heteroatoms. The fourth-order valence-corrected chi connectivity index (χ4v) is 3.87. The quantitative estimate of drug-likeness (QED) is 0.487. The van der Waals surface area contributed by atoms with E-state index in [1.165, 1.54) is 38.9 Å². The second-order valence-electron chi connectivity index (χ2n) is 6.19. The van der Waals surface area contributed by atoms with Crippen molar-refractivity contribution < 1.29 is 0 Å². The van der Waals surface area contributed by atoms with Crippen LogP contribution in [0.3, 0.4) is 0 Å². The second-order valence-corrected chi connectivity index (χ2v) is 6.19. The van der Waals surface area contributed by atoms with Crippen molar-refractivity contribution in [1.82, 2.24) is 0 Å². The number of anilines is 1. The number of benzene rings is 3. The van der Waals surface area contributed by atoms with E-state index in [0.29, 0.717) is 0 Å². The van der Waals surface area contributed by atoms with E-state index >= 15 is 0 Å². The summed E-state index contributed by atoms with van der Waals surface area (Å²) in [5, 5.41) is 0. The summed E-state index contributed by atoms with van der Waals surface area (Å²) in [6, 6.07) is 21.7. The predicted octanol–water partition coefficient (Wildman–Crippen LogP) is 5.05. The molecular weight excluding hydrogens is 266 g/mol. The fraction of sp³-hybridized carbons (Fsp3) is 0.143. The fourth-order valence-electron chi connectivity index (χ4n) is 3.87. The molecule has 0 fully saturated rings. The first-order valence-corrected chi connectivity index (χ1v) is 7.71. The van der Waals surface area contributed by atoms with E-state index in [0.717, 1.165) is 5.69 Å². The van der Waals surface area contributed by atoms with Crippen molar-refractivity contribution >= 4 is 5.69 Å². The third-order valence-corrected chi connectivity index (χ3v) is 4.69. The van der Waals surface area contributed by atoms with Crippen LogP contribution in [0.2, 0.25) is 0 Å². The zero-order chi connectivity index (χ0) is 15.3. The molecular formula is C21H19N. The highest BCUT2D eigenvalue weighted by Crippen LogP contribution is 2.49. The molecule has 0 radical (unpaired) electrons. The Morgan fingerprint density at radius 3 is 1.86 bits per heavy atom. The smallest absolute Gasteiger partial charge is 0.0375 e. The first-order chi connectivity index (χ1) is 10.7. The van der Waals surface area contributed by atoms with Gasteiger partial charge in [0.15, 0.2) is 0 Å². The molecule has 0 bridgehead atoms. The van der Waals surface area contributed by atoms with Gasteiger partial charge in [-0.05, 0) is 58.9 Å². The van der Waals surface area contributed by atoms with Gasteiger partial charge in [0.05, 0.1) is 0 Å². The Bertz CT molecular complexity index is 808. The van der Waals surface area contributed by atoms with Crippen LogP contribution in [0.15, 0.2) is 60.7 Å². The van der Waals surface area contributed by atoms with E-state index < -0.39 is 0 Å². The standard InChI is InChI=1S/C21H19N/c1-13-11-14(2)20(19(22)12-13)21-17-9-5-3-7-15(17)16-8-4-6-10-18(16)21/h3-12,21H,22H2,1-2H3. The van der Waals surface area contributed by atoms with E-state index in [4.69, 9.17) is 5.73 Å². The SMILES string of the molecule is Cc1cc(C)c(C2c3ccccc3-c3ccccc32)c(N)c1. The van der Waals surface area contributed by atoms with E-state index in [1.807, 2.05) is 0 Å². The number of aryl methyl sites for hydroxylation is 2. The highest BCUT2D eigenvalue weighted by molar-refractivity contribution is 5.82. The maximum absolute atomic E-state index is 6.42. The Labute approximate surface area is 131 Å². The highest BCUT2D eigenvalue weighted by Gasteiger charge is 2.31. The predicted molar refractivity (Wildman–Crippen MR) is 93.2 cm³/mol. The lowest BCUT2D eigenvalue weighted by atomic mass is 9.85. The largest absolute Gasteiger partial charge is 0.398 e. The summed E-state index contributed by atoms with van der Waals surface area (Å²) < 4.78 is 0. The lowest BCUT2D eigenvalue weighted by molar-refractivity contribution is 0.999. The molecule has 0 unspecified atom stereocenters. The van der Waals surface area contributed by atoms with E-state index in [2.05, 4.69) is 74.5 Å². The number of fused-ring (bicyclic) bond motifs is 3. The minimum absolute atomic E-state index is 0.244. The van der Waals surface area contributed by atoms with Gasteiger partial charge < -0.3 is 5.73 Å². The zero-order valence-corrected chi connectivity index (χ0v) is 12.9. The summed E-state index contributed by atoms with van der Waals surface area (Å²) in [4.78, 5) is 0. The molecule has 0 saturated heterocycles. The van der Waals surface area contributed by atoms with Crippen molar-refractivity contribution in [1.29, 1.82) is 0 Å². The van der Waals surface area contributed by atoms with E-state index in [1.54, 1.807) is 0 Å². The molecule has 4 rings (SSSR count). The van der Waals surface area contributed by atoms with Gasteiger partial charge in [0, 0.05) is 11.6 Å². The lowest BCUT2D eigenvalue weighted by Crippen LogP contribution is -2.06. The number of hydrogen-bond acceptors (Lipinski definition) is 1. The summed E-state index contributed by atoms with van der Waals surface area (Å²) in [7, 11) is 0. The Balaban J connectivity index is 2.04. The molecule has 0 aromatic heterocycles. The van der Waals surface area contributed by atoms with Crippen LogP contribution in [-0.2, 0) is 0 Å². The van der Waals surface area contributed by atoms with Crippen LogP contribution < -0.4 is 5.73 Å². The molecule has 0 heterocycles. The van der Waals surface area contributed by atoms with Gasteiger partial charge in [-0.1, -0.05) is 54.6 Å². The molecule has 1 aliphatic rings. The maximum Gasteiger partial charge on any atom is 0.0375 e. The first-order valence-electron chi connectivity index (χ1n) is 7.71. The van der Waals surface area contributed by atoms with Crippen LogP contribution >= 0.6 is 0 Å². The van der Waals surface area contributed by atoms with Crippen LogP contribution in [0.5, 0.6) is 0 Å². The van der Waals surface area contributed by atoms with Gasteiger partial charge in [0.25, 0.3) is 0 Å². The summed E-state index contributed by atoms with van der Waals surface area (Å²) >= 11 is 0. The molecule has 0 aliphatic heterocycles. The van der Waals surface area contributed by atoms with Crippen molar-refractivity contribution in [3.8, 4) is 11.1 Å².